The third-order valence-corrected chi connectivity index (χ3v) is 5.07. The van der Waals surface area contributed by atoms with Crippen LogP contribution in [0.5, 0.6) is 5.75 Å². The molecule has 140 valence electrons. The smallest absolute Gasteiger partial charge is 0.211 e. The van der Waals surface area contributed by atoms with Crippen molar-refractivity contribution in [1.29, 1.82) is 0 Å². The van der Waals surface area contributed by atoms with E-state index < -0.39 is 10.2 Å². The Labute approximate surface area is 157 Å². The van der Waals surface area contributed by atoms with Crippen LogP contribution in [-0.2, 0) is 0 Å². The monoisotopic (exact) mass is 389 g/mol. The van der Waals surface area contributed by atoms with Gasteiger partial charge in [-0.3, -0.25) is 0 Å². The van der Waals surface area contributed by atoms with Crippen molar-refractivity contribution in [2.75, 3.05) is 0 Å². The third kappa shape index (κ3) is 3.43. The summed E-state index contributed by atoms with van der Waals surface area (Å²) in [6.45, 7) is 0. The Morgan fingerprint density at radius 1 is 1.04 bits per heavy atom. The Balaban J connectivity index is 0.000000323. The van der Waals surface area contributed by atoms with Crippen LogP contribution in [0.25, 0.3) is 11.1 Å². The number of rotatable bonds is 1. The molecule has 1 aliphatic carbocycles. The summed E-state index contributed by atoms with van der Waals surface area (Å²) in [5.74, 6) is 0.705. The average molecular weight is 390 g/mol. The number of hydrogen-bond donors (Lipinski definition) is 1. The second kappa shape index (κ2) is 6.63. The van der Waals surface area contributed by atoms with Crippen molar-refractivity contribution in [2.45, 2.75) is 24.8 Å². The van der Waals surface area contributed by atoms with Crippen LogP contribution in [0.3, 0.4) is 0 Å². The first-order chi connectivity index (χ1) is 12.8. The van der Waals surface area contributed by atoms with Crippen molar-refractivity contribution in [1.82, 2.24) is 0 Å². The lowest BCUT2D eigenvalue weighted by Gasteiger charge is -2.35. The van der Waals surface area contributed by atoms with E-state index in [9.17, 15) is 5.11 Å². The van der Waals surface area contributed by atoms with E-state index in [0.717, 1.165) is 24.0 Å². The van der Waals surface area contributed by atoms with E-state index in [1.165, 1.54) is 16.8 Å². The molecule has 1 aromatic carbocycles. The van der Waals surface area contributed by atoms with Gasteiger partial charge in [-0.15, -0.1) is 10.2 Å². The predicted molar refractivity (Wildman–Crippen MR) is 81.7 cm³/mol. The Bertz CT molecular complexity index is 961. The molecule has 7 nitrogen and oxygen atoms in total. The van der Waals surface area contributed by atoms with Gasteiger partial charge >= 0.3 is 0 Å². The number of aromatic hydroxyl groups is 1. The predicted octanol–water partition coefficient (Wildman–Crippen LogP) is -0.988. The fourth-order valence-corrected chi connectivity index (χ4v) is 4.22. The zero-order valence-corrected chi connectivity index (χ0v) is 14.8. The number of benzene rings is 1. The summed E-state index contributed by atoms with van der Waals surface area (Å²) in [6, 6.07) is 12.9. The summed E-state index contributed by atoms with van der Waals surface area (Å²) < 4.78 is 41.5. The molecule has 0 amide bonds. The highest BCUT2D eigenvalue weighted by Crippen LogP contribution is 2.47. The van der Waals surface area contributed by atoms with Gasteiger partial charge in [-0.2, -0.15) is 4.57 Å². The number of furan rings is 1. The van der Waals surface area contributed by atoms with E-state index in [-0.39, 0.29) is 0 Å². The molecule has 0 fully saturated rings. The van der Waals surface area contributed by atoms with Crippen LogP contribution in [0.15, 0.2) is 59.5 Å². The Morgan fingerprint density at radius 3 is 2.41 bits per heavy atom. The number of nitrogens with zero attached hydrogens (tertiary/aromatic N) is 1. The second-order valence-electron chi connectivity index (χ2n) is 6.57. The highest BCUT2D eigenvalue weighted by Gasteiger charge is 2.45. The molecule has 3 aliphatic rings. The maximum Gasteiger partial charge on any atom is 0.211 e. The van der Waals surface area contributed by atoms with E-state index in [1.54, 1.807) is 12.5 Å². The molecule has 27 heavy (non-hydrogen) atoms. The molecular weight excluding hydrogens is 374 g/mol. The largest absolute Gasteiger partial charge is 0.503 e. The standard InChI is InChI=1S/C19H15NO2.ClHO4/c21-13-9-17(12-7-8-22-11-12)19-16-5-6-18(20(19)10-13)15-4-2-1-3-14(15)16;2-1(3,4)5/h1-4,7-11,16,18H,5-6H2;(H,2,3,4,5). The SMILES string of the molecule is Oc1cc(-c2ccoc2)c2[n+](c1)C1CCC2c2ccccc21.[O-][Cl+3]([O-])([O-])[O-]. The fourth-order valence-electron chi connectivity index (χ4n) is 4.22. The van der Waals surface area contributed by atoms with Crippen LogP contribution < -0.4 is 23.2 Å². The zero-order chi connectivity index (χ0) is 19.2. The summed E-state index contributed by atoms with van der Waals surface area (Å²) >= 11 is 0. The Hall–Kier alpha value is -2.42. The lowest BCUT2D eigenvalue weighted by Crippen LogP contribution is -2.68. The van der Waals surface area contributed by atoms with Crippen molar-refractivity contribution in [2.24, 2.45) is 0 Å². The van der Waals surface area contributed by atoms with Gasteiger partial charge in [0.1, 0.15) is 0 Å². The quantitative estimate of drug-likeness (QED) is 0.532. The first kappa shape index (κ1) is 18.0. The lowest BCUT2D eigenvalue weighted by atomic mass is 9.72. The van der Waals surface area contributed by atoms with Gasteiger partial charge in [-0.05, 0) is 18.1 Å². The van der Waals surface area contributed by atoms with Crippen LogP contribution in [0.2, 0.25) is 0 Å². The number of halogens is 1. The topological polar surface area (TPSA) is 129 Å². The Kier molecular flexibility index (Phi) is 4.41. The minimum Gasteiger partial charge on any atom is -0.503 e. The summed E-state index contributed by atoms with van der Waals surface area (Å²) in [6.07, 6.45) is 7.62. The molecule has 0 saturated carbocycles. The molecule has 2 bridgehead atoms. The number of aromatic nitrogens is 1. The maximum atomic E-state index is 10.2. The zero-order valence-electron chi connectivity index (χ0n) is 14.1. The van der Waals surface area contributed by atoms with Gasteiger partial charge in [0.25, 0.3) is 0 Å². The molecule has 1 N–H and O–H groups in total. The molecule has 0 radical (unpaired) electrons. The first-order valence-electron chi connectivity index (χ1n) is 8.34. The molecule has 2 unspecified atom stereocenters. The summed E-state index contributed by atoms with van der Waals surface area (Å²) in [5, 5.41) is 10.2. The van der Waals surface area contributed by atoms with E-state index in [2.05, 4.69) is 28.8 Å². The van der Waals surface area contributed by atoms with Gasteiger partial charge in [0.05, 0.1) is 24.0 Å². The summed E-state index contributed by atoms with van der Waals surface area (Å²) in [7, 11) is -4.94. The van der Waals surface area contributed by atoms with Crippen molar-refractivity contribution < 1.29 is 43.0 Å². The van der Waals surface area contributed by atoms with E-state index >= 15 is 0 Å². The van der Waals surface area contributed by atoms with Crippen LogP contribution >= 0.6 is 0 Å². The highest BCUT2D eigenvalue weighted by molar-refractivity contribution is 5.67. The molecule has 4 heterocycles. The van der Waals surface area contributed by atoms with Crippen molar-refractivity contribution in [3.05, 3.63) is 71.9 Å². The molecule has 0 saturated heterocycles. The van der Waals surface area contributed by atoms with Crippen molar-refractivity contribution >= 4 is 0 Å². The maximum absolute atomic E-state index is 10.2. The normalized spacial score (nSPS) is 19.7. The van der Waals surface area contributed by atoms with Gasteiger partial charge in [0, 0.05) is 23.6 Å². The van der Waals surface area contributed by atoms with Crippen LogP contribution in [0.4, 0.5) is 0 Å². The van der Waals surface area contributed by atoms with Crippen molar-refractivity contribution in [3.8, 4) is 16.9 Å². The molecule has 2 atom stereocenters. The van der Waals surface area contributed by atoms with Gasteiger partial charge in [-0.1, -0.05) is 24.3 Å². The highest BCUT2D eigenvalue weighted by atomic mass is 35.7. The van der Waals surface area contributed by atoms with Crippen molar-refractivity contribution in [3.63, 3.8) is 0 Å². The summed E-state index contributed by atoms with van der Waals surface area (Å²) in [4.78, 5) is 0. The van der Waals surface area contributed by atoms with Crippen LogP contribution in [0.1, 0.15) is 41.6 Å². The molecule has 2 aromatic heterocycles. The average Bonchev–Trinajstić information content (AvgIpc) is 3.14. The third-order valence-electron chi connectivity index (χ3n) is 5.07. The first-order valence-corrected chi connectivity index (χ1v) is 9.57. The van der Waals surface area contributed by atoms with E-state index in [1.807, 2.05) is 18.3 Å². The van der Waals surface area contributed by atoms with E-state index in [4.69, 9.17) is 23.1 Å². The molecule has 0 spiro atoms. The van der Waals surface area contributed by atoms with Gasteiger partial charge in [0.2, 0.25) is 6.20 Å². The molecule has 6 rings (SSSR count). The summed E-state index contributed by atoms with van der Waals surface area (Å²) in [5.41, 5.74) is 6.26. The van der Waals surface area contributed by atoms with Gasteiger partial charge in [0.15, 0.2) is 17.5 Å². The minimum atomic E-state index is -4.94. The molecule has 3 aromatic rings. The number of pyridine rings is 1. The van der Waals surface area contributed by atoms with E-state index in [0.29, 0.717) is 17.7 Å². The molecular formula is C19H16ClNO6. The van der Waals surface area contributed by atoms with Crippen LogP contribution in [0, 0.1) is 10.2 Å². The minimum absolute atomic E-state index is 0.310. The lowest BCUT2D eigenvalue weighted by molar-refractivity contribution is -2.00. The fraction of sp³-hybridized carbons (Fsp3) is 0.211. The number of fused-ring (bicyclic) bond motifs is 1. The molecule has 2 aliphatic heterocycles. The van der Waals surface area contributed by atoms with Gasteiger partial charge < -0.3 is 9.52 Å². The van der Waals surface area contributed by atoms with Gasteiger partial charge in [-0.25, -0.2) is 18.6 Å². The second-order valence-corrected chi connectivity index (χ2v) is 7.33. The Morgan fingerprint density at radius 2 is 1.74 bits per heavy atom. The molecule has 8 heteroatoms. The van der Waals surface area contributed by atoms with Crippen LogP contribution in [-0.4, -0.2) is 5.11 Å². The number of hydrogen-bond acceptors (Lipinski definition) is 6.